The molecule has 8 nitrogen and oxygen atoms in total. The quantitative estimate of drug-likeness (QED) is 0.611. The maximum Gasteiger partial charge on any atom is 0.258 e. The summed E-state index contributed by atoms with van der Waals surface area (Å²) in [6, 6.07) is 9.16. The number of benzene rings is 2. The number of anilines is 1. The number of fused-ring (bicyclic) bond motifs is 1. The minimum atomic E-state index is -0.595. The molecule has 2 aromatic carbocycles. The molecule has 1 fully saturated rings. The summed E-state index contributed by atoms with van der Waals surface area (Å²) in [5.74, 6) is -2.03. The van der Waals surface area contributed by atoms with E-state index in [0.717, 1.165) is 11.6 Å². The molecule has 2 heterocycles. The molecule has 0 aliphatic carbocycles. The molecule has 136 valence electrons. The zero-order chi connectivity index (χ0) is 19.0. The minimum Gasteiger partial charge on any atom is -0.322 e. The number of hydrogen-bond acceptors (Lipinski definition) is 5. The van der Waals surface area contributed by atoms with Crippen molar-refractivity contribution in [1.29, 1.82) is 0 Å². The Hall–Kier alpha value is -3.62. The van der Waals surface area contributed by atoms with Crippen LogP contribution in [0.25, 0.3) is 11.0 Å². The molecule has 1 aliphatic heterocycles. The lowest BCUT2D eigenvalue weighted by molar-refractivity contribution is -0.133. The monoisotopic (exact) mass is 367 g/mol. The fourth-order valence-electron chi connectivity index (χ4n) is 3.17. The van der Waals surface area contributed by atoms with Gasteiger partial charge in [-0.3, -0.25) is 19.7 Å². The summed E-state index contributed by atoms with van der Waals surface area (Å²) in [5.41, 5.74) is 1.80. The number of carbonyl (C=O) groups is 3. The van der Waals surface area contributed by atoms with E-state index in [4.69, 9.17) is 0 Å². The highest BCUT2D eigenvalue weighted by Crippen LogP contribution is 2.28. The van der Waals surface area contributed by atoms with Crippen molar-refractivity contribution < 1.29 is 18.8 Å². The van der Waals surface area contributed by atoms with Gasteiger partial charge in [-0.2, -0.15) is 15.4 Å². The predicted molar refractivity (Wildman–Crippen MR) is 93.4 cm³/mol. The third kappa shape index (κ3) is 3.39. The Kier molecular flexibility index (Phi) is 4.11. The lowest BCUT2D eigenvalue weighted by Gasteiger charge is -2.21. The summed E-state index contributed by atoms with van der Waals surface area (Å²) in [5, 5.41) is 15.0. The first-order valence-electron chi connectivity index (χ1n) is 8.23. The largest absolute Gasteiger partial charge is 0.322 e. The first-order chi connectivity index (χ1) is 13.0. The molecule has 27 heavy (non-hydrogen) atoms. The van der Waals surface area contributed by atoms with Crippen molar-refractivity contribution >= 4 is 34.4 Å². The third-order valence-electron chi connectivity index (χ3n) is 4.39. The van der Waals surface area contributed by atoms with Crippen molar-refractivity contribution in [3.8, 4) is 0 Å². The number of H-pyrrole nitrogens is 1. The molecular formula is C18H14FN5O3. The highest BCUT2D eigenvalue weighted by Gasteiger charge is 2.26. The van der Waals surface area contributed by atoms with Crippen molar-refractivity contribution in [2.75, 3.05) is 5.32 Å². The van der Waals surface area contributed by atoms with Crippen LogP contribution in [0.5, 0.6) is 0 Å². The highest BCUT2D eigenvalue weighted by molar-refractivity contribution is 6.11. The Bertz CT molecular complexity index is 1060. The van der Waals surface area contributed by atoms with Gasteiger partial charge in [-0.15, -0.1) is 0 Å². The second-order valence-electron chi connectivity index (χ2n) is 6.30. The molecule has 0 saturated carbocycles. The smallest absolute Gasteiger partial charge is 0.258 e. The fraction of sp³-hybridized carbons (Fsp3) is 0.167. The number of nitrogens with one attached hydrogen (secondary N) is 3. The van der Waals surface area contributed by atoms with Crippen molar-refractivity contribution in [3.63, 3.8) is 0 Å². The molecule has 1 aromatic heterocycles. The van der Waals surface area contributed by atoms with Crippen LogP contribution < -0.4 is 10.6 Å². The van der Waals surface area contributed by atoms with Gasteiger partial charge in [0.05, 0.1) is 5.56 Å². The molecule has 9 heteroatoms. The average molecular weight is 367 g/mol. The van der Waals surface area contributed by atoms with Gasteiger partial charge in [0.15, 0.2) is 0 Å². The number of piperidine rings is 1. The van der Waals surface area contributed by atoms with Crippen LogP contribution in [0.15, 0.2) is 36.4 Å². The first-order valence-corrected chi connectivity index (χ1v) is 8.23. The molecule has 0 bridgehead atoms. The van der Waals surface area contributed by atoms with Gasteiger partial charge in [-0.25, -0.2) is 4.39 Å². The van der Waals surface area contributed by atoms with Crippen LogP contribution in [0.1, 0.15) is 34.7 Å². The van der Waals surface area contributed by atoms with Gasteiger partial charge in [0, 0.05) is 30.5 Å². The second kappa shape index (κ2) is 6.60. The lowest BCUT2D eigenvalue weighted by atomic mass is 9.89. The Morgan fingerprint density at radius 3 is 2.67 bits per heavy atom. The molecule has 0 unspecified atom stereocenters. The Morgan fingerprint density at radius 1 is 1.11 bits per heavy atom. The van der Waals surface area contributed by atoms with Crippen molar-refractivity contribution in [3.05, 3.63) is 53.3 Å². The number of hydrogen-bond donors (Lipinski definition) is 3. The number of amides is 3. The topological polar surface area (TPSA) is 117 Å². The fourth-order valence-corrected chi connectivity index (χ4v) is 3.17. The van der Waals surface area contributed by atoms with Crippen molar-refractivity contribution in [2.45, 2.75) is 18.8 Å². The number of aromatic amines is 1. The van der Waals surface area contributed by atoms with Crippen LogP contribution in [0.3, 0.4) is 0 Å². The van der Waals surface area contributed by atoms with Gasteiger partial charge in [0.1, 0.15) is 16.9 Å². The number of carbonyl (C=O) groups excluding carboxylic acids is 3. The normalized spacial score (nSPS) is 15.0. The van der Waals surface area contributed by atoms with Gasteiger partial charge in [-0.1, -0.05) is 12.1 Å². The molecular weight excluding hydrogens is 353 g/mol. The van der Waals surface area contributed by atoms with Gasteiger partial charge in [-0.05, 0) is 23.8 Å². The van der Waals surface area contributed by atoms with Crippen LogP contribution >= 0.6 is 0 Å². The van der Waals surface area contributed by atoms with E-state index < -0.39 is 11.7 Å². The highest BCUT2D eigenvalue weighted by atomic mass is 19.1. The SMILES string of the molecule is O=C1CC(c2cccc(NC(=O)c3cc(F)cc4n[nH]nc34)c2)CC(=O)N1. The summed E-state index contributed by atoms with van der Waals surface area (Å²) in [7, 11) is 0. The van der Waals surface area contributed by atoms with E-state index >= 15 is 0 Å². The molecule has 1 saturated heterocycles. The summed E-state index contributed by atoms with van der Waals surface area (Å²) in [6.07, 6.45) is 0.402. The number of aromatic nitrogens is 3. The standard InChI is InChI=1S/C18H14FN5O3/c19-11-7-13(17-14(8-11)22-24-23-17)18(27)20-12-3-1-2-9(4-12)10-5-15(25)21-16(26)6-10/h1-4,7-8,10H,5-6H2,(H,20,27)(H,21,25,26)(H,22,23,24). The molecule has 3 amide bonds. The van der Waals surface area contributed by atoms with Crippen LogP contribution in [0, 0.1) is 5.82 Å². The number of imide groups is 1. The average Bonchev–Trinajstić information content (AvgIpc) is 3.08. The maximum atomic E-state index is 13.7. The van der Waals surface area contributed by atoms with E-state index in [1.807, 2.05) is 0 Å². The van der Waals surface area contributed by atoms with Crippen molar-refractivity contribution in [2.24, 2.45) is 0 Å². The third-order valence-corrected chi connectivity index (χ3v) is 4.39. The summed E-state index contributed by atoms with van der Waals surface area (Å²) >= 11 is 0. The van der Waals surface area contributed by atoms with E-state index in [1.165, 1.54) is 6.07 Å². The number of halogens is 1. The maximum absolute atomic E-state index is 13.7. The lowest BCUT2D eigenvalue weighted by Crippen LogP contribution is -2.37. The summed E-state index contributed by atoms with van der Waals surface area (Å²) < 4.78 is 13.7. The molecule has 4 rings (SSSR count). The van der Waals surface area contributed by atoms with Crippen LogP contribution in [0.2, 0.25) is 0 Å². The Balaban J connectivity index is 1.59. The molecule has 1 aliphatic rings. The number of rotatable bonds is 3. The summed E-state index contributed by atoms with van der Waals surface area (Å²) in [4.78, 5) is 35.8. The van der Waals surface area contributed by atoms with Gasteiger partial charge in [0.25, 0.3) is 5.91 Å². The van der Waals surface area contributed by atoms with Gasteiger partial charge >= 0.3 is 0 Å². The van der Waals surface area contributed by atoms with E-state index in [0.29, 0.717) is 5.69 Å². The van der Waals surface area contributed by atoms with Crippen molar-refractivity contribution in [1.82, 2.24) is 20.7 Å². The number of nitrogens with zero attached hydrogens (tertiary/aromatic N) is 2. The zero-order valence-corrected chi connectivity index (χ0v) is 14.0. The summed E-state index contributed by atoms with van der Waals surface area (Å²) in [6.45, 7) is 0. The Labute approximate surface area is 152 Å². The second-order valence-corrected chi connectivity index (χ2v) is 6.30. The Morgan fingerprint density at radius 2 is 1.89 bits per heavy atom. The van der Waals surface area contributed by atoms with E-state index in [9.17, 15) is 18.8 Å². The van der Waals surface area contributed by atoms with E-state index in [1.54, 1.807) is 24.3 Å². The van der Waals surface area contributed by atoms with Crippen LogP contribution in [-0.2, 0) is 9.59 Å². The first kappa shape index (κ1) is 16.8. The van der Waals surface area contributed by atoms with Crippen LogP contribution in [0.4, 0.5) is 10.1 Å². The zero-order valence-electron chi connectivity index (χ0n) is 14.0. The minimum absolute atomic E-state index is 0.0522. The van der Waals surface area contributed by atoms with E-state index in [2.05, 4.69) is 26.0 Å². The molecule has 3 N–H and O–H groups in total. The molecule has 0 atom stereocenters. The predicted octanol–water partition coefficient (Wildman–Crippen LogP) is 1.87. The molecule has 3 aromatic rings. The van der Waals surface area contributed by atoms with Crippen LogP contribution in [-0.4, -0.2) is 33.1 Å². The molecule has 0 spiro atoms. The van der Waals surface area contributed by atoms with E-state index in [-0.39, 0.29) is 47.2 Å². The van der Waals surface area contributed by atoms with Gasteiger partial charge in [0.2, 0.25) is 11.8 Å². The van der Waals surface area contributed by atoms with Gasteiger partial charge < -0.3 is 5.32 Å². The molecule has 0 radical (unpaired) electrons.